The first kappa shape index (κ1) is 12.4. The first-order valence-electron chi connectivity index (χ1n) is 5.00. The van der Waals surface area contributed by atoms with E-state index in [1.165, 1.54) is 6.07 Å². The van der Waals surface area contributed by atoms with E-state index in [0.29, 0.717) is 19.7 Å². The number of nitrogens with one attached hydrogen (secondary N) is 1. The molecular weight excluding hydrogens is 213 g/mol. The van der Waals surface area contributed by atoms with Crippen LogP contribution in [-0.4, -0.2) is 30.8 Å². The van der Waals surface area contributed by atoms with Gasteiger partial charge in [-0.15, -0.1) is 0 Å². The zero-order chi connectivity index (χ0) is 11.8. The van der Waals surface area contributed by atoms with Gasteiger partial charge in [-0.25, -0.2) is 4.39 Å². The number of hydrogen-bond donors (Lipinski definition) is 2. The van der Waals surface area contributed by atoms with Crippen LogP contribution in [0.1, 0.15) is 6.42 Å². The van der Waals surface area contributed by atoms with E-state index in [9.17, 15) is 9.18 Å². The molecule has 2 N–H and O–H groups in total. The van der Waals surface area contributed by atoms with Crippen molar-refractivity contribution in [1.29, 1.82) is 0 Å². The molecule has 88 valence electrons. The van der Waals surface area contributed by atoms with E-state index < -0.39 is 11.8 Å². The largest absolute Gasteiger partial charge is 0.489 e. The van der Waals surface area contributed by atoms with Crippen LogP contribution >= 0.6 is 0 Å². The number of halogens is 1. The summed E-state index contributed by atoms with van der Waals surface area (Å²) in [5.74, 6) is -1.03. The highest BCUT2D eigenvalue weighted by atomic mass is 19.1. The van der Waals surface area contributed by atoms with Crippen molar-refractivity contribution in [3.8, 4) is 5.75 Å². The number of rotatable bonds is 7. The topological polar surface area (TPSA) is 58.6 Å². The lowest BCUT2D eigenvalue weighted by Crippen LogP contribution is -2.23. The van der Waals surface area contributed by atoms with Gasteiger partial charge in [0.15, 0.2) is 11.6 Å². The molecule has 0 saturated carbocycles. The minimum Gasteiger partial charge on any atom is -0.489 e. The first-order valence-corrected chi connectivity index (χ1v) is 5.00. The smallest absolute Gasteiger partial charge is 0.304 e. The van der Waals surface area contributed by atoms with Crippen molar-refractivity contribution in [3.63, 3.8) is 0 Å². The summed E-state index contributed by atoms with van der Waals surface area (Å²) >= 11 is 0. The molecule has 1 aromatic carbocycles. The summed E-state index contributed by atoms with van der Waals surface area (Å²) in [6.07, 6.45) is 0.0691. The molecule has 0 heterocycles. The molecule has 0 fully saturated rings. The molecule has 0 unspecified atom stereocenters. The lowest BCUT2D eigenvalue weighted by Gasteiger charge is -2.07. The molecule has 0 spiro atoms. The monoisotopic (exact) mass is 227 g/mol. The number of ether oxygens (including phenoxy) is 1. The molecule has 0 amide bonds. The number of hydrogen-bond acceptors (Lipinski definition) is 3. The number of para-hydroxylation sites is 1. The summed E-state index contributed by atoms with van der Waals surface area (Å²) in [5.41, 5.74) is 0. The maximum Gasteiger partial charge on any atom is 0.304 e. The highest BCUT2D eigenvalue weighted by Gasteiger charge is 2.00. The Labute approximate surface area is 93.0 Å². The van der Waals surface area contributed by atoms with E-state index in [4.69, 9.17) is 9.84 Å². The first-order chi connectivity index (χ1) is 7.70. The summed E-state index contributed by atoms with van der Waals surface area (Å²) in [6.45, 7) is 1.18. The van der Waals surface area contributed by atoms with Gasteiger partial charge in [0, 0.05) is 13.1 Å². The van der Waals surface area contributed by atoms with Crippen LogP contribution in [0.2, 0.25) is 0 Å². The van der Waals surface area contributed by atoms with Crippen molar-refractivity contribution in [1.82, 2.24) is 5.32 Å². The molecule has 0 aliphatic heterocycles. The molecule has 0 saturated heterocycles. The summed E-state index contributed by atoms with van der Waals surface area (Å²) in [6, 6.07) is 6.16. The molecule has 0 aliphatic carbocycles. The highest BCUT2D eigenvalue weighted by molar-refractivity contribution is 5.66. The molecule has 0 bridgehead atoms. The molecule has 16 heavy (non-hydrogen) atoms. The lowest BCUT2D eigenvalue weighted by molar-refractivity contribution is -0.136. The molecule has 1 rings (SSSR count). The fraction of sp³-hybridized carbons (Fsp3) is 0.364. The van der Waals surface area contributed by atoms with Gasteiger partial charge in [-0.3, -0.25) is 4.79 Å². The quantitative estimate of drug-likeness (QED) is 0.689. The van der Waals surface area contributed by atoms with Crippen LogP contribution in [0.25, 0.3) is 0 Å². The van der Waals surface area contributed by atoms with E-state index in [-0.39, 0.29) is 12.2 Å². The van der Waals surface area contributed by atoms with Gasteiger partial charge in [0.25, 0.3) is 0 Å². The van der Waals surface area contributed by atoms with E-state index in [0.717, 1.165) is 0 Å². The summed E-state index contributed by atoms with van der Waals surface area (Å²) in [5, 5.41) is 11.2. The normalized spacial score (nSPS) is 10.1. The van der Waals surface area contributed by atoms with Crippen LogP contribution in [0, 0.1) is 5.82 Å². The fourth-order valence-electron chi connectivity index (χ4n) is 1.12. The average molecular weight is 227 g/mol. The van der Waals surface area contributed by atoms with Crippen LogP contribution in [0.4, 0.5) is 4.39 Å². The van der Waals surface area contributed by atoms with Crippen molar-refractivity contribution in [3.05, 3.63) is 30.1 Å². The van der Waals surface area contributed by atoms with Gasteiger partial charge in [0.2, 0.25) is 0 Å². The van der Waals surface area contributed by atoms with E-state index in [1.807, 2.05) is 0 Å². The van der Waals surface area contributed by atoms with E-state index >= 15 is 0 Å². The van der Waals surface area contributed by atoms with Crippen molar-refractivity contribution >= 4 is 5.97 Å². The predicted octanol–water partition coefficient (Wildman–Crippen LogP) is 1.27. The standard InChI is InChI=1S/C11H14FNO3/c12-9-3-1-2-4-10(9)16-8-7-13-6-5-11(14)15/h1-4,13H,5-8H2,(H,14,15). The van der Waals surface area contributed by atoms with Gasteiger partial charge in [0.05, 0.1) is 6.42 Å². The van der Waals surface area contributed by atoms with Gasteiger partial charge < -0.3 is 15.2 Å². The van der Waals surface area contributed by atoms with Gasteiger partial charge in [-0.2, -0.15) is 0 Å². The lowest BCUT2D eigenvalue weighted by atomic mass is 10.3. The molecule has 1 aromatic rings. The summed E-state index contributed by atoms with van der Waals surface area (Å²) in [7, 11) is 0. The van der Waals surface area contributed by atoms with Crippen molar-refractivity contribution in [2.24, 2.45) is 0 Å². The Balaban J connectivity index is 2.12. The molecule has 0 aliphatic rings. The number of carboxylic acids is 1. The van der Waals surface area contributed by atoms with E-state index in [2.05, 4.69) is 5.32 Å². The molecule has 0 radical (unpaired) electrons. The van der Waals surface area contributed by atoms with Crippen LogP contribution in [0.3, 0.4) is 0 Å². The second-order valence-electron chi connectivity index (χ2n) is 3.17. The van der Waals surface area contributed by atoms with Crippen LogP contribution in [0.15, 0.2) is 24.3 Å². The second kappa shape index (κ2) is 6.79. The number of benzene rings is 1. The van der Waals surface area contributed by atoms with Crippen molar-refractivity contribution in [2.75, 3.05) is 19.7 Å². The maximum absolute atomic E-state index is 13.0. The molecule has 0 aromatic heterocycles. The third kappa shape index (κ3) is 4.75. The number of aliphatic carboxylic acids is 1. The Morgan fingerprint density at radius 2 is 2.12 bits per heavy atom. The molecule has 4 nitrogen and oxygen atoms in total. The van der Waals surface area contributed by atoms with Crippen LogP contribution in [-0.2, 0) is 4.79 Å². The van der Waals surface area contributed by atoms with Gasteiger partial charge in [-0.1, -0.05) is 12.1 Å². The van der Waals surface area contributed by atoms with Crippen molar-refractivity contribution < 1.29 is 19.0 Å². The third-order valence-electron chi connectivity index (χ3n) is 1.89. The van der Waals surface area contributed by atoms with Crippen LogP contribution in [0.5, 0.6) is 5.75 Å². The Hall–Kier alpha value is -1.62. The fourth-order valence-corrected chi connectivity index (χ4v) is 1.12. The van der Waals surface area contributed by atoms with Crippen molar-refractivity contribution in [2.45, 2.75) is 6.42 Å². The third-order valence-corrected chi connectivity index (χ3v) is 1.89. The Morgan fingerprint density at radius 3 is 2.81 bits per heavy atom. The molecule has 0 atom stereocenters. The minimum absolute atomic E-state index is 0.0691. The van der Waals surface area contributed by atoms with Crippen LogP contribution < -0.4 is 10.1 Å². The van der Waals surface area contributed by atoms with Gasteiger partial charge >= 0.3 is 5.97 Å². The Morgan fingerprint density at radius 1 is 1.38 bits per heavy atom. The Kier molecular flexibility index (Phi) is 5.28. The minimum atomic E-state index is -0.845. The zero-order valence-corrected chi connectivity index (χ0v) is 8.78. The molecular formula is C11H14FNO3. The predicted molar refractivity (Wildman–Crippen MR) is 57.0 cm³/mol. The summed E-state index contributed by atoms with van der Waals surface area (Å²) < 4.78 is 18.2. The maximum atomic E-state index is 13.0. The highest BCUT2D eigenvalue weighted by Crippen LogP contribution is 2.14. The van der Waals surface area contributed by atoms with E-state index in [1.54, 1.807) is 18.2 Å². The number of carboxylic acid groups (broad SMARTS) is 1. The van der Waals surface area contributed by atoms with Gasteiger partial charge in [0.1, 0.15) is 6.61 Å². The zero-order valence-electron chi connectivity index (χ0n) is 8.78. The summed E-state index contributed by atoms with van der Waals surface area (Å²) in [4.78, 5) is 10.2. The SMILES string of the molecule is O=C(O)CCNCCOc1ccccc1F. The van der Waals surface area contributed by atoms with Gasteiger partial charge in [-0.05, 0) is 12.1 Å². The Bertz CT molecular complexity index is 344. The average Bonchev–Trinajstić information content (AvgIpc) is 2.25. The molecule has 5 heteroatoms. The second-order valence-corrected chi connectivity index (χ2v) is 3.17. The number of carbonyl (C=O) groups is 1.